The number of benzene rings is 1. The fraction of sp³-hybridized carbons (Fsp3) is 0.0714. The predicted molar refractivity (Wildman–Crippen MR) is 81.1 cm³/mol. The molecule has 0 fully saturated rings. The van der Waals surface area contributed by atoms with Gasteiger partial charge < -0.3 is 10.4 Å². The van der Waals surface area contributed by atoms with Crippen molar-refractivity contribution in [2.24, 2.45) is 0 Å². The van der Waals surface area contributed by atoms with Gasteiger partial charge in [0.15, 0.2) is 0 Å². The van der Waals surface area contributed by atoms with Crippen LogP contribution < -0.4 is 5.32 Å². The monoisotopic (exact) mass is 322 g/mol. The first kappa shape index (κ1) is 15.3. The van der Waals surface area contributed by atoms with Gasteiger partial charge in [-0.25, -0.2) is 9.78 Å². The molecule has 21 heavy (non-hydrogen) atoms. The Morgan fingerprint density at radius 3 is 2.43 bits per heavy atom. The normalized spacial score (nSPS) is 10.2. The fourth-order valence-corrected chi connectivity index (χ4v) is 2.68. The lowest BCUT2D eigenvalue weighted by molar-refractivity contribution is -0.114. The fourth-order valence-electron chi connectivity index (χ4n) is 1.58. The van der Waals surface area contributed by atoms with E-state index in [0.717, 1.165) is 4.90 Å². The number of hydrogen-bond donors (Lipinski definition) is 2. The number of carbonyl (C=O) groups excluding carboxylic acids is 1. The molecule has 5 nitrogen and oxygen atoms in total. The first-order valence-corrected chi connectivity index (χ1v) is 7.10. The summed E-state index contributed by atoms with van der Waals surface area (Å²) in [6.07, 6.45) is 0. The zero-order valence-electron chi connectivity index (χ0n) is 11.0. The molecule has 1 heterocycles. The topological polar surface area (TPSA) is 79.3 Å². The first-order chi connectivity index (χ1) is 9.95. The largest absolute Gasteiger partial charge is 0.478 e. The van der Waals surface area contributed by atoms with E-state index in [1.807, 2.05) is 0 Å². The van der Waals surface area contributed by atoms with Gasteiger partial charge in [-0.2, -0.15) is 0 Å². The van der Waals surface area contributed by atoms with Crippen LogP contribution in [0.2, 0.25) is 5.15 Å². The van der Waals surface area contributed by atoms with Crippen molar-refractivity contribution in [3.05, 3.63) is 47.1 Å². The molecule has 0 atom stereocenters. The molecule has 1 aromatic carbocycles. The van der Waals surface area contributed by atoms with Crippen molar-refractivity contribution in [1.29, 1.82) is 0 Å². The molecule has 2 N–H and O–H groups in total. The number of amides is 1. The lowest BCUT2D eigenvalue weighted by Gasteiger charge is -2.06. The average molecular weight is 323 g/mol. The van der Waals surface area contributed by atoms with Gasteiger partial charge in [0.1, 0.15) is 10.2 Å². The van der Waals surface area contributed by atoms with Gasteiger partial charge in [0.05, 0.1) is 5.56 Å². The Bertz CT molecular complexity index is 689. The van der Waals surface area contributed by atoms with E-state index in [1.165, 1.54) is 30.8 Å². The molecule has 0 aliphatic rings. The van der Waals surface area contributed by atoms with Crippen molar-refractivity contribution in [3.8, 4) is 0 Å². The summed E-state index contributed by atoms with van der Waals surface area (Å²) in [7, 11) is 0. The summed E-state index contributed by atoms with van der Waals surface area (Å²) in [5, 5.41) is 12.3. The number of hydrogen-bond acceptors (Lipinski definition) is 4. The second-order valence-electron chi connectivity index (χ2n) is 4.10. The molecule has 0 bridgehead atoms. The molecule has 0 saturated heterocycles. The van der Waals surface area contributed by atoms with Gasteiger partial charge in [-0.05, 0) is 36.4 Å². The Hall–Kier alpha value is -2.05. The maximum Gasteiger partial charge on any atom is 0.338 e. The SMILES string of the molecule is CC(=O)Nc1ccc(Sc2nc(Cl)ccc2C(=O)O)cc1. The lowest BCUT2D eigenvalue weighted by Crippen LogP contribution is -2.05. The Morgan fingerprint density at radius 2 is 1.86 bits per heavy atom. The van der Waals surface area contributed by atoms with Gasteiger partial charge in [-0.3, -0.25) is 4.79 Å². The van der Waals surface area contributed by atoms with Crippen molar-refractivity contribution >= 4 is 40.9 Å². The number of carbonyl (C=O) groups is 2. The van der Waals surface area contributed by atoms with Crippen LogP contribution in [0.5, 0.6) is 0 Å². The molecule has 2 rings (SSSR count). The summed E-state index contributed by atoms with van der Waals surface area (Å²) < 4.78 is 0. The lowest BCUT2D eigenvalue weighted by atomic mass is 10.3. The minimum atomic E-state index is -1.06. The maximum absolute atomic E-state index is 11.2. The average Bonchev–Trinajstić information content (AvgIpc) is 2.40. The number of halogens is 1. The molecular weight excluding hydrogens is 312 g/mol. The summed E-state index contributed by atoms with van der Waals surface area (Å²) in [6.45, 7) is 1.43. The number of rotatable bonds is 4. The molecular formula is C14H11ClN2O3S. The smallest absolute Gasteiger partial charge is 0.338 e. The zero-order chi connectivity index (χ0) is 15.4. The first-order valence-electron chi connectivity index (χ1n) is 5.91. The highest BCUT2D eigenvalue weighted by Crippen LogP contribution is 2.30. The van der Waals surface area contributed by atoms with E-state index in [2.05, 4.69) is 10.3 Å². The zero-order valence-corrected chi connectivity index (χ0v) is 12.5. The molecule has 0 radical (unpaired) electrons. The van der Waals surface area contributed by atoms with Gasteiger partial charge in [-0.1, -0.05) is 23.4 Å². The van der Waals surface area contributed by atoms with E-state index >= 15 is 0 Å². The molecule has 1 amide bonds. The van der Waals surface area contributed by atoms with Gasteiger partial charge in [0.25, 0.3) is 0 Å². The number of carboxylic acids is 1. The summed E-state index contributed by atoms with van der Waals surface area (Å²) in [4.78, 5) is 26.9. The van der Waals surface area contributed by atoms with Crippen molar-refractivity contribution in [1.82, 2.24) is 4.98 Å². The molecule has 2 aromatic rings. The highest BCUT2D eigenvalue weighted by atomic mass is 35.5. The Balaban J connectivity index is 2.23. The standard InChI is InChI=1S/C14H11ClN2O3S/c1-8(18)16-9-2-4-10(5-3-9)21-13-11(14(19)20)6-7-12(15)17-13/h2-7H,1H3,(H,16,18)(H,19,20). The third-order valence-electron chi connectivity index (χ3n) is 2.45. The molecule has 0 unspecified atom stereocenters. The summed E-state index contributed by atoms with van der Waals surface area (Å²) in [5.74, 6) is -1.21. The number of aromatic nitrogens is 1. The van der Waals surface area contributed by atoms with Crippen LogP contribution in [-0.2, 0) is 4.79 Å². The minimum Gasteiger partial charge on any atom is -0.478 e. The Kier molecular flexibility index (Phi) is 4.82. The van der Waals surface area contributed by atoms with E-state index in [1.54, 1.807) is 24.3 Å². The number of carboxylic acid groups (broad SMARTS) is 1. The summed E-state index contributed by atoms with van der Waals surface area (Å²) in [5.41, 5.74) is 0.764. The van der Waals surface area contributed by atoms with Crippen LogP contribution in [-0.4, -0.2) is 22.0 Å². The summed E-state index contributed by atoms with van der Waals surface area (Å²) in [6, 6.07) is 9.86. The van der Waals surface area contributed by atoms with Crippen LogP contribution in [0.15, 0.2) is 46.3 Å². The van der Waals surface area contributed by atoms with Crippen LogP contribution in [0, 0.1) is 0 Å². The van der Waals surface area contributed by atoms with Gasteiger partial charge in [-0.15, -0.1) is 0 Å². The number of pyridine rings is 1. The van der Waals surface area contributed by atoms with Crippen LogP contribution in [0.4, 0.5) is 5.69 Å². The van der Waals surface area contributed by atoms with Gasteiger partial charge >= 0.3 is 5.97 Å². The van der Waals surface area contributed by atoms with E-state index < -0.39 is 5.97 Å². The third kappa shape index (κ3) is 4.21. The van der Waals surface area contributed by atoms with Gasteiger partial charge in [0, 0.05) is 17.5 Å². The highest BCUT2D eigenvalue weighted by molar-refractivity contribution is 7.99. The van der Waals surface area contributed by atoms with Crippen LogP contribution in [0.25, 0.3) is 0 Å². The van der Waals surface area contributed by atoms with E-state index in [-0.39, 0.29) is 16.6 Å². The van der Waals surface area contributed by atoms with Crippen molar-refractivity contribution in [2.45, 2.75) is 16.8 Å². The van der Waals surface area contributed by atoms with Crippen LogP contribution in [0.1, 0.15) is 17.3 Å². The molecule has 0 saturated carbocycles. The van der Waals surface area contributed by atoms with Crippen molar-refractivity contribution in [2.75, 3.05) is 5.32 Å². The second kappa shape index (κ2) is 6.60. The summed E-state index contributed by atoms with van der Waals surface area (Å²) >= 11 is 7.00. The molecule has 0 aliphatic carbocycles. The minimum absolute atomic E-state index is 0.0929. The molecule has 108 valence electrons. The number of nitrogens with zero attached hydrogens (tertiary/aromatic N) is 1. The van der Waals surface area contributed by atoms with Crippen LogP contribution in [0.3, 0.4) is 0 Å². The molecule has 0 spiro atoms. The van der Waals surface area contributed by atoms with Gasteiger partial charge in [0.2, 0.25) is 5.91 Å². The quantitative estimate of drug-likeness (QED) is 0.842. The number of nitrogens with one attached hydrogen (secondary N) is 1. The van der Waals surface area contributed by atoms with Crippen LogP contribution >= 0.6 is 23.4 Å². The highest BCUT2D eigenvalue weighted by Gasteiger charge is 2.13. The van der Waals surface area contributed by atoms with E-state index in [0.29, 0.717) is 10.7 Å². The number of anilines is 1. The van der Waals surface area contributed by atoms with E-state index in [4.69, 9.17) is 16.7 Å². The van der Waals surface area contributed by atoms with E-state index in [9.17, 15) is 9.59 Å². The Labute approximate surface area is 130 Å². The molecule has 7 heteroatoms. The Morgan fingerprint density at radius 1 is 1.19 bits per heavy atom. The number of aromatic carboxylic acids is 1. The van der Waals surface area contributed by atoms with Crippen molar-refractivity contribution < 1.29 is 14.7 Å². The second-order valence-corrected chi connectivity index (χ2v) is 5.55. The molecule has 0 aliphatic heterocycles. The van der Waals surface area contributed by atoms with Crippen molar-refractivity contribution in [3.63, 3.8) is 0 Å². The maximum atomic E-state index is 11.2. The molecule has 1 aromatic heterocycles. The third-order valence-corrected chi connectivity index (χ3v) is 3.67. The predicted octanol–water partition coefficient (Wildman–Crippen LogP) is 3.54.